The molecule has 78 valence electrons. The predicted octanol–water partition coefficient (Wildman–Crippen LogP) is 2.81. The smallest absolute Gasteiger partial charge is 0.133 e. The molecule has 3 heteroatoms. The van der Waals surface area contributed by atoms with E-state index in [4.69, 9.17) is 10.5 Å². The Morgan fingerprint density at radius 3 is 2.57 bits per heavy atom. The zero-order valence-corrected chi connectivity index (χ0v) is 10.1. The molecule has 2 N–H and O–H groups in total. The van der Waals surface area contributed by atoms with E-state index in [2.05, 4.69) is 29.8 Å². The van der Waals surface area contributed by atoms with Crippen LogP contribution in [0.1, 0.15) is 13.8 Å². The Hall–Kier alpha value is -0.540. The third-order valence-corrected chi connectivity index (χ3v) is 2.78. The van der Waals surface area contributed by atoms with Gasteiger partial charge in [0.05, 0.1) is 4.47 Å². The summed E-state index contributed by atoms with van der Waals surface area (Å²) in [7, 11) is 0. The van der Waals surface area contributed by atoms with E-state index in [-0.39, 0.29) is 6.04 Å². The quantitative estimate of drug-likeness (QED) is 0.901. The predicted molar refractivity (Wildman–Crippen MR) is 62.5 cm³/mol. The normalized spacial score (nSPS) is 12.9. The largest absolute Gasteiger partial charge is 0.491 e. The number of halogens is 1. The van der Waals surface area contributed by atoms with E-state index in [9.17, 15) is 0 Å². The van der Waals surface area contributed by atoms with Gasteiger partial charge in [-0.05, 0) is 34.0 Å². The van der Waals surface area contributed by atoms with E-state index >= 15 is 0 Å². The van der Waals surface area contributed by atoms with Gasteiger partial charge in [0.2, 0.25) is 0 Å². The van der Waals surface area contributed by atoms with E-state index < -0.39 is 0 Å². The van der Waals surface area contributed by atoms with Crippen molar-refractivity contribution in [3.8, 4) is 5.75 Å². The standard InChI is InChI=1S/C11H16BrNO/c1-8(2)10(13)7-14-11-6-4-3-5-9(11)12/h3-6,8,10H,7,13H2,1-2H3. The molecule has 1 atom stereocenters. The zero-order chi connectivity index (χ0) is 10.6. The highest BCUT2D eigenvalue weighted by atomic mass is 79.9. The minimum absolute atomic E-state index is 0.0853. The molecule has 0 fully saturated rings. The highest BCUT2D eigenvalue weighted by Crippen LogP contribution is 2.23. The lowest BCUT2D eigenvalue weighted by molar-refractivity contribution is 0.258. The lowest BCUT2D eigenvalue weighted by Crippen LogP contribution is -2.33. The summed E-state index contributed by atoms with van der Waals surface area (Å²) in [5.41, 5.74) is 5.87. The SMILES string of the molecule is CC(C)C(N)COc1ccccc1Br. The van der Waals surface area contributed by atoms with Crippen LogP contribution in [0.4, 0.5) is 0 Å². The lowest BCUT2D eigenvalue weighted by Gasteiger charge is -2.16. The van der Waals surface area contributed by atoms with Crippen molar-refractivity contribution < 1.29 is 4.74 Å². The fourth-order valence-electron chi connectivity index (χ4n) is 0.940. The maximum atomic E-state index is 5.87. The van der Waals surface area contributed by atoms with E-state index in [1.54, 1.807) is 0 Å². The van der Waals surface area contributed by atoms with Crippen molar-refractivity contribution in [2.75, 3.05) is 6.61 Å². The first-order chi connectivity index (χ1) is 6.61. The second kappa shape index (κ2) is 5.37. The van der Waals surface area contributed by atoms with Crippen molar-refractivity contribution in [2.24, 2.45) is 11.7 Å². The van der Waals surface area contributed by atoms with Gasteiger partial charge in [-0.25, -0.2) is 0 Å². The molecule has 14 heavy (non-hydrogen) atoms. The maximum Gasteiger partial charge on any atom is 0.133 e. The van der Waals surface area contributed by atoms with Gasteiger partial charge in [-0.3, -0.25) is 0 Å². The molecular weight excluding hydrogens is 242 g/mol. The van der Waals surface area contributed by atoms with Gasteiger partial charge in [0.25, 0.3) is 0 Å². The first-order valence-electron chi connectivity index (χ1n) is 4.74. The number of benzene rings is 1. The summed E-state index contributed by atoms with van der Waals surface area (Å²) in [6, 6.07) is 7.87. The van der Waals surface area contributed by atoms with Crippen LogP contribution in [0.3, 0.4) is 0 Å². The number of hydrogen-bond donors (Lipinski definition) is 1. The Kier molecular flexibility index (Phi) is 4.42. The molecule has 0 aliphatic carbocycles. The van der Waals surface area contributed by atoms with Crippen LogP contribution in [0.15, 0.2) is 28.7 Å². The summed E-state index contributed by atoms with van der Waals surface area (Å²) >= 11 is 3.42. The second-order valence-corrected chi connectivity index (χ2v) is 4.50. The van der Waals surface area contributed by atoms with Gasteiger partial charge in [0, 0.05) is 6.04 Å². The first kappa shape index (κ1) is 11.5. The molecule has 0 bridgehead atoms. The highest BCUT2D eigenvalue weighted by Gasteiger charge is 2.08. The average molecular weight is 258 g/mol. The molecule has 0 aliphatic heterocycles. The van der Waals surface area contributed by atoms with E-state index in [1.165, 1.54) is 0 Å². The third kappa shape index (κ3) is 3.31. The molecule has 0 amide bonds. The monoisotopic (exact) mass is 257 g/mol. The summed E-state index contributed by atoms with van der Waals surface area (Å²) < 4.78 is 6.56. The molecule has 1 rings (SSSR count). The molecular formula is C11H16BrNO. The average Bonchev–Trinajstić information content (AvgIpc) is 2.16. The minimum atomic E-state index is 0.0853. The van der Waals surface area contributed by atoms with Gasteiger partial charge >= 0.3 is 0 Å². The Morgan fingerprint density at radius 2 is 2.00 bits per heavy atom. The van der Waals surface area contributed by atoms with Gasteiger partial charge in [0.15, 0.2) is 0 Å². The van der Waals surface area contributed by atoms with Crippen molar-refractivity contribution in [2.45, 2.75) is 19.9 Å². The molecule has 0 radical (unpaired) electrons. The molecule has 0 aliphatic rings. The van der Waals surface area contributed by atoms with Crippen LogP contribution in [-0.2, 0) is 0 Å². The summed E-state index contributed by atoms with van der Waals surface area (Å²) in [4.78, 5) is 0. The first-order valence-corrected chi connectivity index (χ1v) is 5.53. The molecule has 1 aromatic carbocycles. The van der Waals surface area contributed by atoms with Crippen LogP contribution >= 0.6 is 15.9 Å². The molecule has 1 aromatic rings. The summed E-state index contributed by atoms with van der Waals surface area (Å²) in [5, 5.41) is 0. The molecule has 0 saturated carbocycles. The zero-order valence-electron chi connectivity index (χ0n) is 8.53. The van der Waals surface area contributed by atoms with Gasteiger partial charge < -0.3 is 10.5 Å². The van der Waals surface area contributed by atoms with Crippen LogP contribution in [0.5, 0.6) is 5.75 Å². The van der Waals surface area contributed by atoms with E-state index in [0.29, 0.717) is 12.5 Å². The lowest BCUT2D eigenvalue weighted by atomic mass is 10.1. The van der Waals surface area contributed by atoms with Crippen LogP contribution in [-0.4, -0.2) is 12.6 Å². The Bertz CT molecular complexity index is 288. The Morgan fingerprint density at radius 1 is 1.36 bits per heavy atom. The van der Waals surface area contributed by atoms with Crippen LogP contribution in [0.25, 0.3) is 0 Å². The van der Waals surface area contributed by atoms with Crippen molar-refractivity contribution in [3.63, 3.8) is 0 Å². The van der Waals surface area contributed by atoms with Crippen molar-refractivity contribution in [3.05, 3.63) is 28.7 Å². The number of hydrogen-bond acceptors (Lipinski definition) is 2. The van der Waals surface area contributed by atoms with Gasteiger partial charge in [-0.1, -0.05) is 26.0 Å². The van der Waals surface area contributed by atoms with Crippen molar-refractivity contribution in [1.82, 2.24) is 0 Å². The summed E-state index contributed by atoms with van der Waals surface area (Å²) in [6.45, 7) is 4.74. The van der Waals surface area contributed by atoms with Crippen LogP contribution < -0.4 is 10.5 Å². The summed E-state index contributed by atoms with van der Waals surface area (Å²) in [5.74, 6) is 1.29. The molecule has 2 nitrogen and oxygen atoms in total. The molecule has 0 saturated heterocycles. The minimum Gasteiger partial charge on any atom is -0.491 e. The number of ether oxygens (including phenoxy) is 1. The molecule has 0 spiro atoms. The molecule has 0 aromatic heterocycles. The molecule has 1 unspecified atom stereocenters. The van der Waals surface area contributed by atoms with Crippen molar-refractivity contribution in [1.29, 1.82) is 0 Å². The summed E-state index contributed by atoms with van der Waals surface area (Å²) in [6.07, 6.45) is 0. The Balaban J connectivity index is 2.50. The van der Waals surface area contributed by atoms with Gasteiger partial charge in [-0.2, -0.15) is 0 Å². The Labute approximate surface area is 93.6 Å². The van der Waals surface area contributed by atoms with Crippen LogP contribution in [0, 0.1) is 5.92 Å². The van der Waals surface area contributed by atoms with Gasteiger partial charge in [-0.15, -0.1) is 0 Å². The number of rotatable bonds is 4. The highest BCUT2D eigenvalue weighted by molar-refractivity contribution is 9.10. The third-order valence-electron chi connectivity index (χ3n) is 2.12. The van der Waals surface area contributed by atoms with E-state index in [0.717, 1.165) is 10.2 Å². The van der Waals surface area contributed by atoms with Gasteiger partial charge in [0.1, 0.15) is 12.4 Å². The molecule has 0 heterocycles. The topological polar surface area (TPSA) is 35.2 Å². The number of para-hydroxylation sites is 1. The maximum absolute atomic E-state index is 5.87. The van der Waals surface area contributed by atoms with E-state index in [1.807, 2.05) is 24.3 Å². The van der Waals surface area contributed by atoms with Crippen molar-refractivity contribution >= 4 is 15.9 Å². The van der Waals surface area contributed by atoms with Crippen LogP contribution in [0.2, 0.25) is 0 Å². The fraction of sp³-hybridized carbons (Fsp3) is 0.455. The fourth-order valence-corrected chi connectivity index (χ4v) is 1.34. The second-order valence-electron chi connectivity index (χ2n) is 3.65. The number of nitrogens with two attached hydrogens (primary N) is 1.